The Morgan fingerprint density at radius 2 is 1.75 bits per heavy atom. The highest BCUT2D eigenvalue weighted by Gasteiger charge is 2.26. The standard InChI is InChI=1S/C28H23FN6O/c1-34-17-23(14-32-34)22-11-12-26-24(15-33-35(26)18-22)28(36)27(21-5-3-2-4-6-21)31-16-25(29)20-9-7-19(13-30)8-10-20/h2-12,14-15,17-18,25,27,31H,16H2,1H3/t25?,27-/m1/s1. The highest BCUT2D eigenvalue weighted by atomic mass is 19.1. The number of Topliss-reactive ketones (excluding diaryl/α,β-unsaturated/α-hetero) is 1. The number of nitrogens with zero attached hydrogens (tertiary/aromatic N) is 5. The molecule has 8 heteroatoms. The van der Waals surface area contributed by atoms with Gasteiger partial charge in [-0.1, -0.05) is 48.5 Å². The van der Waals surface area contributed by atoms with Gasteiger partial charge in [-0.15, -0.1) is 0 Å². The number of hydrogen-bond donors (Lipinski definition) is 1. The molecule has 5 rings (SSSR count). The van der Waals surface area contributed by atoms with Gasteiger partial charge in [0.1, 0.15) is 6.17 Å². The minimum absolute atomic E-state index is 0.0679. The van der Waals surface area contributed by atoms with Gasteiger partial charge in [0.2, 0.25) is 0 Å². The average molecular weight is 479 g/mol. The van der Waals surface area contributed by atoms with Crippen LogP contribution >= 0.6 is 0 Å². The summed E-state index contributed by atoms with van der Waals surface area (Å²) in [6.07, 6.45) is 5.75. The van der Waals surface area contributed by atoms with E-state index in [1.165, 1.54) is 0 Å². The van der Waals surface area contributed by atoms with Crippen LogP contribution in [0.3, 0.4) is 0 Å². The van der Waals surface area contributed by atoms with Crippen LogP contribution < -0.4 is 5.32 Å². The van der Waals surface area contributed by atoms with Crippen molar-refractivity contribution >= 4 is 11.3 Å². The van der Waals surface area contributed by atoms with E-state index >= 15 is 4.39 Å². The third-order valence-corrected chi connectivity index (χ3v) is 6.12. The molecule has 0 aliphatic rings. The molecule has 5 aromatic rings. The number of nitrogens with one attached hydrogen (secondary N) is 1. The quantitative estimate of drug-likeness (QED) is 0.323. The first-order valence-electron chi connectivity index (χ1n) is 11.5. The van der Waals surface area contributed by atoms with Gasteiger partial charge >= 0.3 is 0 Å². The Hall–Kier alpha value is -4.61. The molecule has 36 heavy (non-hydrogen) atoms. The first kappa shape index (κ1) is 23.1. The van der Waals surface area contributed by atoms with Crippen LogP contribution in [-0.2, 0) is 7.05 Å². The van der Waals surface area contributed by atoms with Gasteiger partial charge in [-0.05, 0) is 29.3 Å². The fourth-order valence-corrected chi connectivity index (χ4v) is 4.18. The Bertz CT molecular complexity index is 1550. The van der Waals surface area contributed by atoms with Crippen LogP contribution in [-0.4, -0.2) is 31.7 Å². The summed E-state index contributed by atoms with van der Waals surface area (Å²) < 4.78 is 18.4. The highest BCUT2D eigenvalue weighted by Crippen LogP contribution is 2.26. The number of carbonyl (C=O) groups is 1. The molecule has 0 amide bonds. The lowest BCUT2D eigenvalue weighted by atomic mass is 9.97. The summed E-state index contributed by atoms with van der Waals surface area (Å²) in [5.41, 5.74) is 4.64. The van der Waals surface area contributed by atoms with E-state index in [0.717, 1.165) is 16.7 Å². The summed E-state index contributed by atoms with van der Waals surface area (Å²) in [5, 5.41) is 20.7. The second-order valence-corrected chi connectivity index (χ2v) is 8.53. The maximum Gasteiger partial charge on any atom is 0.188 e. The maximum absolute atomic E-state index is 15.0. The van der Waals surface area contributed by atoms with E-state index in [0.29, 0.717) is 22.2 Å². The highest BCUT2D eigenvalue weighted by molar-refractivity contribution is 6.06. The minimum Gasteiger partial charge on any atom is -0.300 e. The van der Waals surface area contributed by atoms with Crippen molar-refractivity contribution in [2.75, 3.05) is 6.54 Å². The Balaban J connectivity index is 1.41. The van der Waals surface area contributed by atoms with Crippen molar-refractivity contribution in [1.29, 1.82) is 5.26 Å². The van der Waals surface area contributed by atoms with Crippen LogP contribution in [0.25, 0.3) is 16.6 Å². The normalized spacial score (nSPS) is 12.8. The molecule has 2 aromatic carbocycles. The lowest BCUT2D eigenvalue weighted by Gasteiger charge is -2.19. The molecule has 178 valence electrons. The Morgan fingerprint density at radius 3 is 2.44 bits per heavy atom. The Labute approximate surface area is 207 Å². The van der Waals surface area contributed by atoms with E-state index in [4.69, 9.17) is 5.26 Å². The predicted molar refractivity (Wildman–Crippen MR) is 134 cm³/mol. The molecule has 0 spiro atoms. The molecule has 0 aliphatic carbocycles. The SMILES string of the molecule is Cn1cc(-c2ccc3c(C(=O)[C@H](NCC(F)c4ccc(C#N)cc4)c4ccccc4)cnn3c2)cn1. The van der Waals surface area contributed by atoms with Crippen molar-refractivity contribution in [3.63, 3.8) is 0 Å². The summed E-state index contributed by atoms with van der Waals surface area (Å²) in [6, 6.07) is 20.7. The molecular weight excluding hydrogens is 455 g/mol. The van der Waals surface area contributed by atoms with Gasteiger partial charge in [-0.25, -0.2) is 8.91 Å². The minimum atomic E-state index is -1.34. The molecule has 0 radical (unpaired) electrons. The number of fused-ring (bicyclic) bond motifs is 1. The molecular formula is C28H23FN6O. The molecule has 2 atom stereocenters. The van der Waals surface area contributed by atoms with Crippen molar-refractivity contribution in [2.45, 2.75) is 12.2 Å². The molecule has 7 nitrogen and oxygen atoms in total. The average Bonchev–Trinajstić information content (AvgIpc) is 3.55. The number of aromatic nitrogens is 4. The van der Waals surface area contributed by atoms with Crippen molar-refractivity contribution in [3.05, 3.63) is 114 Å². The molecule has 0 saturated heterocycles. The second kappa shape index (κ2) is 9.94. The van der Waals surface area contributed by atoms with Gasteiger partial charge in [0.05, 0.1) is 41.1 Å². The molecule has 0 saturated carbocycles. The van der Waals surface area contributed by atoms with Gasteiger partial charge in [-0.2, -0.15) is 15.5 Å². The zero-order valence-electron chi connectivity index (χ0n) is 19.5. The summed E-state index contributed by atoms with van der Waals surface area (Å²) in [7, 11) is 1.85. The molecule has 0 fully saturated rings. The van der Waals surface area contributed by atoms with Crippen LogP contribution in [0.4, 0.5) is 4.39 Å². The fraction of sp³-hybridized carbons (Fsp3) is 0.143. The van der Waals surface area contributed by atoms with Crippen LogP contribution in [0.15, 0.2) is 91.5 Å². The third kappa shape index (κ3) is 4.65. The van der Waals surface area contributed by atoms with E-state index in [1.54, 1.807) is 45.9 Å². The predicted octanol–water partition coefficient (Wildman–Crippen LogP) is 4.83. The van der Waals surface area contributed by atoms with Crippen molar-refractivity contribution < 1.29 is 9.18 Å². The molecule has 0 bridgehead atoms. The number of halogens is 1. The van der Waals surface area contributed by atoms with E-state index in [2.05, 4.69) is 15.5 Å². The summed E-state index contributed by atoms with van der Waals surface area (Å²) in [4.78, 5) is 13.7. The molecule has 1 N–H and O–H groups in total. The smallest absolute Gasteiger partial charge is 0.188 e. The fourth-order valence-electron chi connectivity index (χ4n) is 4.18. The number of pyridine rings is 1. The van der Waals surface area contributed by atoms with Gasteiger partial charge in [0, 0.05) is 37.1 Å². The van der Waals surface area contributed by atoms with Gasteiger partial charge in [0.15, 0.2) is 5.78 Å². The van der Waals surface area contributed by atoms with E-state index in [-0.39, 0.29) is 12.3 Å². The second-order valence-electron chi connectivity index (χ2n) is 8.53. The lowest BCUT2D eigenvalue weighted by Crippen LogP contribution is -2.31. The topological polar surface area (TPSA) is 88.0 Å². The number of aryl methyl sites for hydroxylation is 1. The van der Waals surface area contributed by atoms with Crippen molar-refractivity contribution in [1.82, 2.24) is 24.7 Å². The maximum atomic E-state index is 15.0. The molecule has 0 aliphatic heterocycles. The third-order valence-electron chi connectivity index (χ3n) is 6.12. The summed E-state index contributed by atoms with van der Waals surface area (Å²) >= 11 is 0. The van der Waals surface area contributed by atoms with E-state index in [9.17, 15) is 4.79 Å². The number of rotatable bonds is 8. The first-order chi connectivity index (χ1) is 17.5. The van der Waals surface area contributed by atoms with Crippen LogP contribution in [0, 0.1) is 11.3 Å². The van der Waals surface area contributed by atoms with Gasteiger partial charge in [-0.3, -0.25) is 9.48 Å². The van der Waals surface area contributed by atoms with Crippen molar-refractivity contribution in [3.8, 4) is 17.2 Å². The molecule has 1 unspecified atom stereocenters. The zero-order chi connectivity index (χ0) is 25.1. The first-order valence-corrected chi connectivity index (χ1v) is 11.5. The summed E-state index contributed by atoms with van der Waals surface area (Å²) in [5.74, 6) is -0.197. The number of benzene rings is 2. The van der Waals surface area contributed by atoms with E-state index in [1.807, 2.05) is 68.0 Å². The van der Waals surface area contributed by atoms with Crippen molar-refractivity contribution in [2.24, 2.45) is 7.05 Å². The number of hydrogen-bond acceptors (Lipinski definition) is 5. The van der Waals surface area contributed by atoms with Crippen LogP contribution in [0.2, 0.25) is 0 Å². The lowest BCUT2D eigenvalue weighted by molar-refractivity contribution is 0.0940. The number of alkyl halides is 1. The zero-order valence-corrected chi connectivity index (χ0v) is 19.5. The summed E-state index contributed by atoms with van der Waals surface area (Å²) in [6.45, 7) is -0.0679. The van der Waals surface area contributed by atoms with Crippen LogP contribution in [0.1, 0.15) is 39.3 Å². The number of carbonyl (C=O) groups excluding carboxylic acids is 1. The van der Waals surface area contributed by atoms with Gasteiger partial charge in [0.25, 0.3) is 0 Å². The van der Waals surface area contributed by atoms with E-state index < -0.39 is 12.2 Å². The Morgan fingerprint density at radius 1 is 0.972 bits per heavy atom. The Kier molecular flexibility index (Phi) is 6.39. The molecule has 3 heterocycles. The largest absolute Gasteiger partial charge is 0.300 e. The number of nitriles is 1. The number of ketones is 1. The molecule has 3 aromatic heterocycles. The van der Waals surface area contributed by atoms with Gasteiger partial charge < -0.3 is 5.32 Å². The van der Waals surface area contributed by atoms with Crippen LogP contribution in [0.5, 0.6) is 0 Å². The monoisotopic (exact) mass is 478 g/mol.